The first-order valence-electron chi connectivity index (χ1n) is 6.22. The van der Waals surface area contributed by atoms with Gasteiger partial charge in [0.05, 0.1) is 5.56 Å². The molecule has 7 heteroatoms. The van der Waals surface area contributed by atoms with Crippen LogP contribution in [0.25, 0.3) is 11.1 Å². The second-order valence-corrected chi connectivity index (χ2v) is 5.08. The fourth-order valence-corrected chi connectivity index (χ4v) is 1.83. The standard InChI is InChI=1S/C13H8F4S.C2H6ClN/c14-11-3-1-2-10(13(15,16)17)12(11)8-4-6-9(18)7-5-8;3-1-2-4/h1-7,18H;1-2,4H2. The van der Waals surface area contributed by atoms with E-state index in [0.717, 1.165) is 18.2 Å². The molecule has 0 atom stereocenters. The second kappa shape index (κ2) is 8.41. The molecule has 0 aromatic heterocycles. The van der Waals surface area contributed by atoms with E-state index in [4.69, 9.17) is 17.3 Å². The molecular weight excluding hydrogens is 338 g/mol. The molecule has 0 saturated heterocycles. The molecule has 2 aromatic carbocycles. The summed E-state index contributed by atoms with van der Waals surface area (Å²) in [6.45, 7) is 0.585. The Morgan fingerprint density at radius 1 is 1.05 bits per heavy atom. The van der Waals surface area contributed by atoms with E-state index in [9.17, 15) is 17.6 Å². The average Bonchev–Trinajstić information content (AvgIpc) is 2.47. The van der Waals surface area contributed by atoms with E-state index in [1.54, 1.807) is 0 Å². The molecule has 0 heterocycles. The van der Waals surface area contributed by atoms with Gasteiger partial charge in [0.15, 0.2) is 0 Å². The van der Waals surface area contributed by atoms with Crippen molar-refractivity contribution < 1.29 is 17.6 Å². The van der Waals surface area contributed by atoms with Crippen molar-refractivity contribution in [3.63, 3.8) is 0 Å². The van der Waals surface area contributed by atoms with Gasteiger partial charge >= 0.3 is 6.18 Å². The van der Waals surface area contributed by atoms with E-state index in [1.165, 1.54) is 24.3 Å². The summed E-state index contributed by atoms with van der Waals surface area (Å²) in [5.74, 6) is -0.322. The molecule has 2 aromatic rings. The third-order valence-corrected chi connectivity index (χ3v) is 3.10. The van der Waals surface area contributed by atoms with Crippen LogP contribution in [0.15, 0.2) is 47.4 Å². The number of benzene rings is 2. The predicted molar refractivity (Wildman–Crippen MR) is 83.9 cm³/mol. The molecular formula is C15H14ClF4NS. The van der Waals surface area contributed by atoms with Gasteiger partial charge < -0.3 is 5.73 Å². The number of nitrogens with two attached hydrogens (primary N) is 1. The summed E-state index contributed by atoms with van der Waals surface area (Å²) >= 11 is 9.10. The minimum absolute atomic E-state index is 0.179. The number of hydrogen-bond acceptors (Lipinski definition) is 2. The highest BCUT2D eigenvalue weighted by molar-refractivity contribution is 7.80. The second-order valence-electron chi connectivity index (χ2n) is 4.18. The molecule has 2 rings (SSSR count). The predicted octanol–water partition coefficient (Wildman–Crippen LogP) is 4.98. The van der Waals surface area contributed by atoms with Gasteiger partial charge in [-0.25, -0.2) is 4.39 Å². The van der Waals surface area contributed by atoms with Crippen LogP contribution < -0.4 is 5.73 Å². The fraction of sp³-hybridized carbons (Fsp3) is 0.200. The van der Waals surface area contributed by atoms with E-state index in [2.05, 4.69) is 12.6 Å². The fourth-order valence-electron chi connectivity index (χ4n) is 1.68. The summed E-state index contributed by atoms with van der Waals surface area (Å²) in [4.78, 5) is 0.601. The zero-order valence-corrected chi connectivity index (χ0v) is 13.0. The van der Waals surface area contributed by atoms with Gasteiger partial charge in [0.1, 0.15) is 5.82 Å². The summed E-state index contributed by atoms with van der Waals surface area (Å²) in [5, 5.41) is 0. The molecule has 0 unspecified atom stereocenters. The smallest absolute Gasteiger partial charge is 0.329 e. The van der Waals surface area contributed by atoms with Crippen LogP contribution in [0.3, 0.4) is 0 Å². The largest absolute Gasteiger partial charge is 0.417 e. The first-order chi connectivity index (χ1) is 10.3. The lowest BCUT2D eigenvalue weighted by Gasteiger charge is -2.13. The monoisotopic (exact) mass is 351 g/mol. The molecule has 0 radical (unpaired) electrons. The van der Waals surface area contributed by atoms with Crippen molar-refractivity contribution >= 4 is 24.2 Å². The highest BCUT2D eigenvalue weighted by atomic mass is 35.5. The Bertz CT molecular complexity index is 597. The summed E-state index contributed by atoms with van der Waals surface area (Å²) in [5.41, 5.74) is 3.67. The minimum atomic E-state index is -4.59. The lowest BCUT2D eigenvalue weighted by Crippen LogP contribution is -2.08. The van der Waals surface area contributed by atoms with E-state index < -0.39 is 23.1 Å². The molecule has 1 nitrogen and oxygen atoms in total. The topological polar surface area (TPSA) is 26.0 Å². The molecule has 0 aliphatic carbocycles. The normalized spacial score (nSPS) is 10.9. The van der Waals surface area contributed by atoms with E-state index in [1.807, 2.05) is 0 Å². The Balaban J connectivity index is 0.000000541. The van der Waals surface area contributed by atoms with Crippen LogP contribution in [0.1, 0.15) is 5.56 Å². The van der Waals surface area contributed by atoms with Crippen molar-refractivity contribution in [3.05, 3.63) is 53.8 Å². The Hall–Kier alpha value is -1.24. The Labute approximate surface area is 136 Å². The van der Waals surface area contributed by atoms with Crippen LogP contribution in [0.5, 0.6) is 0 Å². The molecule has 0 spiro atoms. The maximum atomic E-state index is 13.6. The first-order valence-corrected chi connectivity index (χ1v) is 7.20. The number of hydrogen-bond donors (Lipinski definition) is 2. The highest BCUT2D eigenvalue weighted by Gasteiger charge is 2.34. The van der Waals surface area contributed by atoms with Gasteiger partial charge in [-0.15, -0.1) is 24.2 Å². The number of rotatable bonds is 2. The van der Waals surface area contributed by atoms with E-state index in [0.29, 0.717) is 17.3 Å². The quantitative estimate of drug-likeness (QED) is 0.445. The highest BCUT2D eigenvalue weighted by Crippen LogP contribution is 2.38. The molecule has 0 bridgehead atoms. The van der Waals surface area contributed by atoms with Crippen LogP contribution in [0.4, 0.5) is 17.6 Å². The molecule has 0 aliphatic rings. The Morgan fingerprint density at radius 3 is 2.05 bits per heavy atom. The van der Waals surface area contributed by atoms with Crippen LogP contribution >= 0.6 is 24.2 Å². The van der Waals surface area contributed by atoms with Crippen molar-refractivity contribution in [2.75, 3.05) is 12.4 Å². The zero-order valence-electron chi connectivity index (χ0n) is 11.4. The van der Waals surface area contributed by atoms with Gasteiger partial charge in [-0.3, -0.25) is 0 Å². The third-order valence-electron chi connectivity index (χ3n) is 2.58. The molecule has 0 saturated carbocycles. The molecule has 120 valence electrons. The van der Waals surface area contributed by atoms with Gasteiger partial charge in [0.25, 0.3) is 0 Å². The van der Waals surface area contributed by atoms with Gasteiger partial charge in [0, 0.05) is 22.9 Å². The maximum Gasteiger partial charge on any atom is 0.417 e. The summed E-state index contributed by atoms with van der Waals surface area (Å²) in [7, 11) is 0. The Kier molecular flexibility index (Phi) is 7.19. The van der Waals surface area contributed by atoms with Crippen molar-refractivity contribution in [1.29, 1.82) is 0 Å². The minimum Gasteiger partial charge on any atom is -0.329 e. The van der Waals surface area contributed by atoms with Crippen LogP contribution in [0, 0.1) is 5.82 Å². The number of alkyl halides is 4. The van der Waals surface area contributed by atoms with Crippen molar-refractivity contribution in [2.24, 2.45) is 5.73 Å². The Morgan fingerprint density at radius 2 is 1.59 bits per heavy atom. The molecule has 22 heavy (non-hydrogen) atoms. The summed E-state index contributed by atoms with van der Waals surface area (Å²) in [6, 6.07) is 8.79. The van der Waals surface area contributed by atoms with E-state index >= 15 is 0 Å². The third kappa shape index (κ3) is 5.19. The summed E-state index contributed by atoms with van der Waals surface area (Å²) < 4.78 is 52.1. The summed E-state index contributed by atoms with van der Waals surface area (Å²) in [6.07, 6.45) is -4.59. The first kappa shape index (κ1) is 18.8. The van der Waals surface area contributed by atoms with Crippen LogP contribution in [0.2, 0.25) is 0 Å². The molecule has 2 N–H and O–H groups in total. The number of thiol groups is 1. The van der Waals surface area contributed by atoms with E-state index in [-0.39, 0.29) is 5.56 Å². The average molecular weight is 352 g/mol. The van der Waals surface area contributed by atoms with Crippen molar-refractivity contribution in [2.45, 2.75) is 11.1 Å². The van der Waals surface area contributed by atoms with Crippen LogP contribution in [-0.4, -0.2) is 12.4 Å². The van der Waals surface area contributed by atoms with Gasteiger partial charge in [0.2, 0.25) is 0 Å². The van der Waals surface area contributed by atoms with Crippen molar-refractivity contribution in [3.8, 4) is 11.1 Å². The zero-order chi connectivity index (χ0) is 16.8. The SMILES string of the molecule is Fc1cccc(C(F)(F)F)c1-c1ccc(S)cc1.NCCCl. The van der Waals surface area contributed by atoms with Crippen LogP contribution in [-0.2, 0) is 6.18 Å². The lowest BCUT2D eigenvalue weighted by atomic mass is 9.99. The molecule has 0 fully saturated rings. The van der Waals surface area contributed by atoms with Crippen molar-refractivity contribution in [1.82, 2.24) is 0 Å². The molecule has 0 amide bonds. The lowest BCUT2D eigenvalue weighted by molar-refractivity contribution is -0.137. The van der Waals surface area contributed by atoms with Gasteiger partial charge in [-0.05, 0) is 29.8 Å². The number of halogens is 5. The maximum absolute atomic E-state index is 13.6. The van der Waals surface area contributed by atoms with Gasteiger partial charge in [-0.2, -0.15) is 13.2 Å². The van der Waals surface area contributed by atoms with Gasteiger partial charge in [-0.1, -0.05) is 18.2 Å². The molecule has 0 aliphatic heterocycles.